The van der Waals surface area contributed by atoms with E-state index in [1.807, 2.05) is 4.90 Å². The molecule has 1 atom stereocenters. The number of hydrogen-bond donors (Lipinski definition) is 1. The molecule has 3 rings (SSSR count). The molecule has 0 radical (unpaired) electrons. The van der Waals surface area contributed by atoms with Crippen LogP contribution in [0.2, 0.25) is 0 Å². The molecule has 0 unspecified atom stereocenters. The van der Waals surface area contributed by atoms with Crippen molar-refractivity contribution in [1.29, 1.82) is 0 Å². The Morgan fingerprint density at radius 3 is 2.95 bits per heavy atom. The lowest BCUT2D eigenvalue weighted by atomic mass is 10.2. The van der Waals surface area contributed by atoms with Crippen molar-refractivity contribution < 1.29 is 4.79 Å². The first-order chi connectivity index (χ1) is 9.79. The van der Waals surface area contributed by atoms with Gasteiger partial charge in [-0.1, -0.05) is 0 Å². The Kier molecular flexibility index (Phi) is 3.70. The maximum absolute atomic E-state index is 12.5. The molecule has 3 heterocycles. The van der Waals surface area contributed by atoms with Gasteiger partial charge in [0, 0.05) is 31.5 Å². The first-order valence-corrected chi connectivity index (χ1v) is 7.35. The minimum absolute atomic E-state index is 0.0117. The van der Waals surface area contributed by atoms with Gasteiger partial charge in [-0.3, -0.25) is 4.79 Å². The third kappa shape index (κ3) is 2.41. The second kappa shape index (κ2) is 5.64. The Labute approximate surface area is 120 Å². The lowest BCUT2D eigenvalue weighted by Gasteiger charge is -2.22. The highest BCUT2D eigenvalue weighted by Crippen LogP contribution is 2.25. The van der Waals surface area contributed by atoms with Crippen molar-refractivity contribution in [2.75, 3.05) is 13.1 Å². The van der Waals surface area contributed by atoms with Gasteiger partial charge in [-0.25, -0.2) is 15.0 Å². The van der Waals surface area contributed by atoms with Crippen molar-refractivity contribution in [3.8, 4) is 10.8 Å². The number of carbonyl (C=O) groups is 1. The molecule has 0 aromatic carbocycles. The highest BCUT2D eigenvalue weighted by Gasteiger charge is 2.29. The predicted molar refractivity (Wildman–Crippen MR) is 76.3 cm³/mol. The van der Waals surface area contributed by atoms with E-state index in [2.05, 4.69) is 15.0 Å². The van der Waals surface area contributed by atoms with E-state index in [-0.39, 0.29) is 11.9 Å². The molecule has 20 heavy (non-hydrogen) atoms. The van der Waals surface area contributed by atoms with Crippen LogP contribution in [0, 0.1) is 0 Å². The highest BCUT2D eigenvalue weighted by atomic mass is 32.1. The lowest BCUT2D eigenvalue weighted by Crippen LogP contribution is -2.39. The number of carbonyl (C=O) groups excluding carboxylic acids is 1. The summed E-state index contributed by atoms with van der Waals surface area (Å²) >= 11 is 1.33. The highest BCUT2D eigenvalue weighted by molar-refractivity contribution is 7.16. The topological polar surface area (TPSA) is 85.0 Å². The van der Waals surface area contributed by atoms with Crippen LogP contribution in [0.3, 0.4) is 0 Å². The van der Waals surface area contributed by atoms with E-state index in [4.69, 9.17) is 5.73 Å². The van der Waals surface area contributed by atoms with Crippen LogP contribution >= 0.6 is 11.3 Å². The molecule has 0 spiro atoms. The molecule has 7 heteroatoms. The molecule has 1 aliphatic rings. The summed E-state index contributed by atoms with van der Waals surface area (Å²) in [4.78, 5) is 27.5. The van der Waals surface area contributed by atoms with Crippen LogP contribution in [-0.4, -0.2) is 44.9 Å². The Balaban J connectivity index is 1.82. The third-order valence-corrected chi connectivity index (χ3v) is 4.36. The van der Waals surface area contributed by atoms with Gasteiger partial charge in [-0.15, -0.1) is 11.3 Å². The fourth-order valence-electron chi connectivity index (χ4n) is 2.38. The second-order valence-electron chi connectivity index (χ2n) is 4.63. The van der Waals surface area contributed by atoms with Crippen molar-refractivity contribution in [3.05, 3.63) is 29.5 Å². The summed E-state index contributed by atoms with van der Waals surface area (Å²) in [6.07, 6.45) is 6.92. The average molecular weight is 289 g/mol. The second-order valence-corrected chi connectivity index (χ2v) is 5.66. The van der Waals surface area contributed by atoms with Gasteiger partial charge in [-0.05, 0) is 18.9 Å². The quantitative estimate of drug-likeness (QED) is 0.916. The van der Waals surface area contributed by atoms with Crippen molar-refractivity contribution in [2.45, 2.75) is 18.9 Å². The fourth-order valence-corrected chi connectivity index (χ4v) is 3.20. The van der Waals surface area contributed by atoms with E-state index in [1.165, 1.54) is 11.3 Å². The molecule has 0 aliphatic carbocycles. The zero-order chi connectivity index (χ0) is 13.9. The fraction of sp³-hybridized carbons (Fsp3) is 0.385. The standard InChI is InChI=1S/C13H15N5OS/c14-7-9-3-1-6-18(9)13(19)10-8-17-12(20-10)11-15-4-2-5-16-11/h2,4-5,8-9H,1,3,6-7,14H2/t9-/m0/s1. The van der Waals surface area contributed by atoms with Crippen molar-refractivity contribution in [2.24, 2.45) is 5.73 Å². The number of likely N-dealkylation sites (tertiary alicyclic amines) is 1. The minimum atomic E-state index is 0.0117. The average Bonchev–Trinajstić information content (AvgIpc) is 3.16. The number of hydrogen-bond acceptors (Lipinski definition) is 6. The van der Waals surface area contributed by atoms with Crippen LogP contribution in [0.15, 0.2) is 24.7 Å². The van der Waals surface area contributed by atoms with E-state index in [0.29, 0.717) is 22.3 Å². The van der Waals surface area contributed by atoms with Gasteiger partial charge in [0.25, 0.3) is 5.91 Å². The monoisotopic (exact) mass is 289 g/mol. The summed E-state index contributed by atoms with van der Waals surface area (Å²) in [7, 11) is 0. The number of amides is 1. The van der Waals surface area contributed by atoms with Crippen LogP contribution in [0.4, 0.5) is 0 Å². The number of nitrogens with zero attached hydrogens (tertiary/aromatic N) is 4. The van der Waals surface area contributed by atoms with Gasteiger partial charge >= 0.3 is 0 Å². The van der Waals surface area contributed by atoms with Gasteiger partial charge in [0.15, 0.2) is 10.8 Å². The smallest absolute Gasteiger partial charge is 0.265 e. The number of thiazole rings is 1. The molecule has 6 nitrogen and oxygen atoms in total. The summed E-state index contributed by atoms with van der Waals surface area (Å²) in [5.41, 5.74) is 5.71. The molecule has 1 aliphatic heterocycles. The van der Waals surface area contributed by atoms with Gasteiger partial charge in [0.2, 0.25) is 0 Å². The minimum Gasteiger partial charge on any atom is -0.334 e. The van der Waals surface area contributed by atoms with E-state index < -0.39 is 0 Å². The Morgan fingerprint density at radius 2 is 2.20 bits per heavy atom. The molecule has 2 N–H and O–H groups in total. The molecular formula is C13H15N5OS. The summed E-state index contributed by atoms with van der Waals surface area (Å²) < 4.78 is 0. The number of rotatable bonds is 3. The molecule has 2 aromatic heterocycles. The summed E-state index contributed by atoms with van der Waals surface area (Å²) in [6, 6.07) is 1.90. The Hall–Kier alpha value is -1.86. The normalized spacial score (nSPS) is 18.4. The van der Waals surface area contributed by atoms with Crippen LogP contribution in [0.25, 0.3) is 10.8 Å². The summed E-state index contributed by atoms with van der Waals surface area (Å²) in [6.45, 7) is 1.29. The molecule has 104 valence electrons. The molecule has 2 aromatic rings. The van der Waals surface area contributed by atoms with Gasteiger partial charge in [-0.2, -0.15) is 0 Å². The molecule has 1 amide bonds. The van der Waals surface area contributed by atoms with E-state index in [1.54, 1.807) is 24.7 Å². The van der Waals surface area contributed by atoms with Gasteiger partial charge < -0.3 is 10.6 Å². The number of aromatic nitrogens is 3. The zero-order valence-electron chi connectivity index (χ0n) is 10.9. The maximum atomic E-state index is 12.5. The third-order valence-electron chi connectivity index (χ3n) is 3.38. The van der Waals surface area contributed by atoms with Crippen LogP contribution < -0.4 is 5.73 Å². The van der Waals surface area contributed by atoms with E-state index >= 15 is 0 Å². The SMILES string of the molecule is NC[C@@H]1CCCN1C(=O)c1cnc(-c2ncccn2)s1. The van der Waals surface area contributed by atoms with Crippen molar-refractivity contribution in [1.82, 2.24) is 19.9 Å². The Morgan fingerprint density at radius 1 is 1.40 bits per heavy atom. The summed E-state index contributed by atoms with van der Waals surface area (Å²) in [5.74, 6) is 0.561. The maximum Gasteiger partial charge on any atom is 0.265 e. The molecule has 1 fully saturated rings. The van der Waals surface area contributed by atoms with Crippen LogP contribution in [0.1, 0.15) is 22.5 Å². The van der Waals surface area contributed by atoms with E-state index in [0.717, 1.165) is 19.4 Å². The molecular weight excluding hydrogens is 274 g/mol. The van der Waals surface area contributed by atoms with Crippen molar-refractivity contribution in [3.63, 3.8) is 0 Å². The van der Waals surface area contributed by atoms with Gasteiger partial charge in [0.1, 0.15) is 4.88 Å². The first kappa shape index (κ1) is 13.1. The Bertz CT molecular complexity index is 600. The summed E-state index contributed by atoms with van der Waals surface area (Å²) in [5, 5.41) is 0.664. The number of nitrogens with two attached hydrogens (primary N) is 1. The van der Waals surface area contributed by atoms with Crippen LogP contribution in [-0.2, 0) is 0 Å². The van der Waals surface area contributed by atoms with Crippen LogP contribution in [0.5, 0.6) is 0 Å². The molecule has 0 saturated carbocycles. The largest absolute Gasteiger partial charge is 0.334 e. The molecule has 0 bridgehead atoms. The lowest BCUT2D eigenvalue weighted by molar-refractivity contribution is 0.0746. The van der Waals surface area contributed by atoms with Gasteiger partial charge in [0.05, 0.1) is 6.20 Å². The first-order valence-electron chi connectivity index (χ1n) is 6.54. The molecule has 1 saturated heterocycles. The van der Waals surface area contributed by atoms with E-state index in [9.17, 15) is 4.79 Å². The predicted octanol–water partition coefficient (Wildman–Crippen LogP) is 1.16. The van der Waals surface area contributed by atoms with Crippen molar-refractivity contribution >= 4 is 17.2 Å². The zero-order valence-corrected chi connectivity index (χ0v) is 11.7.